The number of aromatic nitrogens is 2. The summed E-state index contributed by atoms with van der Waals surface area (Å²) in [5.74, 6) is -3.41. The molecule has 0 aromatic carbocycles. The molecule has 14 nitrogen and oxygen atoms in total. The number of carbonyl (C=O) groups excluding carboxylic acids is 3. The highest BCUT2D eigenvalue weighted by atomic mass is 16.4. The van der Waals surface area contributed by atoms with Gasteiger partial charge >= 0.3 is 5.97 Å². The lowest BCUT2D eigenvalue weighted by molar-refractivity contribution is -0.142. The molecule has 11 N–H and O–H groups in total. The van der Waals surface area contributed by atoms with E-state index in [-0.39, 0.29) is 18.3 Å². The fraction of sp³-hybridized carbons (Fsp3) is 0.600. The Morgan fingerprint density at radius 1 is 1.09 bits per heavy atom. The van der Waals surface area contributed by atoms with Crippen LogP contribution < -0.4 is 33.2 Å². The molecular weight excluding hydrogens is 446 g/mol. The molecule has 0 fully saturated rings. The van der Waals surface area contributed by atoms with Crippen molar-refractivity contribution in [2.24, 2.45) is 28.1 Å². The minimum absolute atomic E-state index is 0.00646. The summed E-state index contributed by atoms with van der Waals surface area (Å²) in [4.78, 5) is 59.6. The number of carbonyl (C=O) groups is 4. The van der Waals surface area contributed by atoms with Crippen LogP contribution in [0.3, 0.4) is 0 Å². The number of amides is 3. The van der Waals surface area contributed by atoms with Gasteiger partial charge in [-0.15, -0.1) is 0 Å². The summed E-state index contributed by atoms with van der Waals surface area (Å²) >= 11 is 0. The third-order valence-electron chi connectivity index (χ3n) is 4.90. The van der Waals surface area contributed by atoms with Crippen molar-refractivity contribution < 1.29 is 24.3 Å². The molecule has 0 aliphatic rings. The highest BCUT2D eigenvalue weighted by Gasteiger charge is 2.30. The first-order valence-corrected chi connectivity index (χ1v) is 10.8. The summed E-state index contributed by atoms with van der Waals surface area (Å²) in [6, 6.07) is -4.10. The minimum Gasteiger partial charge on any atom is -0.480 e. The number of nitrogens with zero attached hydrogens (tertiary/aromatic N) is 2. The minimum atomic E-state index is -1.23. The molecule has 14 heteroatoms. The van der Waals surface area contributed by atoms with Gasteiger partial charge in [0.05, 0.1) is 12.4 Å². The van der Waals surface area contributed by atoms with Gasteiger partial charge < -0.3 is 43.2 Å². The fourth-order valence-electron chi connectivity index (χ4n) is 2.93. The standard InChI is InChI=1S/C20H35N9O5/c1-10(2)15(29-17(31)13(21)5-4-6-25-20(22)23)18(32)27-11(3)16(30)28-14(19(33)34)7-12-8-24-9-26-12/h8-11,13-15H,4-7,21H2,1-3H3,(H,24,26)(H,27,32)(H,28,30)(H,29,31)(H,33,34)(H4,22,23,25). The lowest BCUT2D eigenvalue weighted by atomic mass is 10.0. The van der Waals surface area contributed by atoms with Crippen LogP contribution in [0.25, 0.3) is 0 Å². The van der Waals surface area contributed by atoms with E-state index >= 15 is 0 Å². The molecule has 4 unspecified atom stereocenters. The van der Waals surface area contributed by atoms with Gasteiger partial charge in [-0.05, 0) is 25.7 Å². The van der Waals surface area contributed by atoms with Crippen molar-refractivity contribution in [3.05, 3.63) is 18.2 Å². The number of aromatic amines is 1. The van der Waals surface area contributed by atoms with Crippen LogP contribution >= 0.6 is 0 Å². The summed E-state index contributed by atoms with van der Waals surface area (Å²) in [7, 11) is 0. The first-order valence-electron chi connectivity index (χ1n) is 10.8. The molecule has 34 heavy (non-hydrogen) atoms. The lowest BCUT2D eigenvalue weighted by Gasteiger charge is -2.25. The van der Waals surface area contributed by atoms with Crippen LogP contribution in [-0.4, -0.2) is 75.4 Å². The predicted molar refractivity (Wildman–Crippen MR) is 124 cm³/mol. The van der Waals surface area contributed by atoms with E-state index in [4.69, 9.17) is 17.2 Å². The van der Waals surface area contributed by atoms with Crippen molar-refractivity contribution in [2.45, 2.75) is 64.2 Å². The zero-order valence-electron chi connectivity index (χ0n) is 19.6. The first kappa shape index (κ1) is 28.4. The average molecular weight is 482 g/mol. The quantitative estimate of drug-likeness (QED) is 0.0797. The van der Waals surface area contributed by atoms with Gasteiger partial charge in [0.2, 0.25) is 17.7 Å². The van der Waals surface area contributed by atoms with Crippen molar-refractivity contribution in [1.82, 2.24) is 25.9 Å². The van der Waals surface area contributed by atoms with E-state index in [1.165, 1.54) is 19.4 Å². The lowest BCUT2D eigenvalue weighted by Crippen LogP contribution is -2.57. The zero-order chi connectivity index (χ0) is 25.8. The largest absolute Gasteiger partial charge is 0.480 e. The van der Waals surface area contributed by atoms with Crippen LogP contribution in [0.15, 0.2) is 17.5 Å². The van der Waals surface area contributed by atoms with Crippen LogP contribution in [0.4, 0.5) is 0 Å². The monoisotopic (exact) mass is 481 g/mol. The van der Waals surface area contributed by atoms with Gasteiger partial charge in [-0.25, -0.2) is 9.78 Å². The maximum absolute atomic E-state index is 12.7. The van der Waals surface area contributed by atoms with E-state index in [1.54, 1.807) is 13.8 Å². The molecule has 3 amide bonds. The average Bonchev–Trinajstić information content (AvgIpc) is 3.26. The summed E-state index contributed by atoms with van der Waals surface area (Å²) in [6.45, 7) is 5.19. The van der Waals surface area contributed by atoms with Crippen LogP contribution in [0.2, 0.25) is 0 Å². The van der Waals surface area contributed by atoms with Crippen molar-refractivity contribution in [2.75, 3.05) is 6.54 Å². The summed E-state index contributed by atoms with van der Waals surface area (Å²) in [6.07, 6.45) is 3.63. The second-order valence-corrected chi connectivity index (χ2v) is 8.20. The number of nitrogens with two attached hydrogens (primary N) is 3. The Labute approximate surface area is 197 Å². The van der Waals surface area contributed by atoms with Gasteiger partial charge in [0.15, 0.2) is 5.96 Å². The van der Waals surface area contributed by atoms with E-state index in [2.05, 4.69) is 30.9 Å². The van der Waals surface area contributed by atoms with Gasteiger partial charge in [-0.2, -0.15) is 0 Å². The number of rotatable bonds is 14. The Hall–Kier alpha value is -3.68. The van der Waals surface area contributed by atoms with Crippen LogP contribution in [0, 0.1) is 5.92 Å². The molecule has 0 aliphatic heterocycles. The van der Waals surface area contributed by atoms with Gasteiger partial charge in [-0.1, -0.05) is 13.8 Å². The Balaban J connectivity index is 2.65. The molecule has 1 heterocycles. The number of guanidine groups is 1. The second-order valence-electron chi connectivity index (χ2n) is 8.20. The Kier molecular flexibility index (Phi) is 11.5. The van der Waals surface area contributed by atoms with Crippen LogP contribution in [0.1, 0.15) is 39.3 Å². The van der Waals surface area contributed by atoms with Gasteiger partial charge in [0, 0.05) is 24.9 Å². The molecule has 0 spiro atoms. The molecule has 0 bridgehead atoms. The van der Waals surface area contributed by atoms with Crippen molar-refractivity contribution in [1.29, 1.82) is 0 Å². The van der Waals surface area contributed by atoms with Crippen LogP contribution in [-0.2, 0) is 25.6 Å². The third-order valence-corrected chi connectivity index (χ3v) is 4.90. The predicted octanol–water partition coefficient (Wildman–Crippen LogP) is -2.45. The molecule has 1 aromatic heterocycles. The Bertz CT molecular complexity index is 853. The van der Waals surface area contributed by atoms with E-state index in [0.29, 0.717) is 25.1 Å². The summed E-state index contributed by atoms with van der Waals surface area (Å²) in [5, 5.41) is 16.9. The fourth-order valence-corrected chi connectivity index (χ4v) is 2.93. The molecular formula is C20H35N9O5. The second kappa shape index (κ2) is 13.8. The molecule has 0 saturated heterocycles. The van der Waals surface area contributed by atoms with E-state index in [1.807, 2.05) is 0 Å². The Morgan fingerprint density at radius 2 is 1.76 bits per heavy atom. The molecule has 0 saturated carbocycles. The maximum Gasteiger partial charge on any atom is 0.326 e. The molecule has 0 aliphatic carbocycles. The van der Waals surface area contributed by atoms with Crippen molar-refractivity contribution in [3.63, 3.8) is 0 Å². The topological polar surface area (TPSA) is 244 Å². The number of aliphatic carboxylic acids is 1. The first-order chi connectivity index (χ1) is 15.9. The van der Waals surface area contributed by atoms with Crippen molar-refractivity contribution in [3.8, 4) is 0 Å². The number of carboxylic acids is 1. The number of hydrogen-bond donors (Lipinski definition) is 8. The summed E-state index contributed by atoms with van der Waals surface area (Å²) < 4.78 is 0. The smallest absolute Gasteiger partial charge is 0.326 e. The SMILES string of the molecule is CC(NC(=O)C(NC(=O)C(N)CCCN=C(N)N)C(C)C)C(=O)NC(Cc1cnc[nH]1)C(=O)O. The summed E-state index contributed by atoms with van der Waals surface area (Å²) in [5.41, 5.74) is 16.9. The third kappa shape index (κ3) is 9.85. The highest BCUT2D eigenvalue weighted by molar-refractivity contribution is 5.94. The van der Waals surface area contributed by atoms with Crippen LogP contribution in [0.5, 0.6) is 0 Å². The normalized spacial score (nSPS) is 14.4. The van der Waals surface area contributed by atoms with Gasteiger partial charge in [0.25, 0.3) is 0 Å². The molecule has 190 valence electrons. The molecule has 4 atom stereocenters. The van der Waals surface area contributed by atoms with E-state index < -0.39 is 47.9 Å². The highest BCUT2D eigenvalue weighted by Crippen LogP contribution is 2.05. The molecule has 0 radical (unpaired) electrons. The molecule has 1 rings (SSSR count). The van der Waals surface area contributed by atoms with Gasteiger partial charge in [-0.3, -0.25) is 19.4 Å². The van der Waals surface area contributed by atoms with E-state index in [0.717, 1.165) is 0 Å². The number of H-pyrrole nitrogens is 1. The number of hydrogen-bond acceptors (Lipinski definition) is 7. The maximum atomic E-state index is 12.7. The number of carboxylic acid groups (broad SMARTS) is 1. The Morgan fingerprint density at radius 3 is 2.29 bits per heavy atom. The number of aliphatic imine (C=N–C) groups is 1. The van der Waals surface area contributed by atoms with E-state index in [9.17, 15) is 24.3 Å². The van der Waals surface area contributed by atoms with Gasteiger partial charge in [0.1, 0.15) is 18.1 Å². The van der Waals surface area contributed by atoms with Crippen molar-refractivity contribution >= 4 is 29.7 Å². The number of imidazole rings is 1. The molecule has 1 aromatic rings. The number of nitrogens with one attached hydrogen (secondary N) is 4. The zero-order valence-corrected chi connectivity index (χ0v) is 19.6.